The van der Waals surface area contributed by atoms with E-state index >= 15 is 0 Å². The van der Waals surface area contributed by atoms with Gasteiger partial charge < -0.3 is 9.47 Å². The molecule has 1 aliphatic heterocycles. The van der Waals surface area contributed by atoms with Crippen molar-refractivity contribution in [3.63, 3.8) is 0 Å². The van der Waals surface area contributed by atoms with Crippen molar-refractivity contribution in [2.75, 3.05) is 11.6 Å². The molecule has 0 spiro atoms. The van der Waals surface area contributed by atoms with Gasteiger partial charge in [0.25, 0.3) is 0 Å². The molecule has 42 heavy (non-hydrogen) atoms. The van der Waals surface area contributed by atoms with E-state index in [-0.39, 0.29) is 24.2 Å². The first-order valence-corrected chi connectivity index (χ1v) is 15.3. The molecule has 7 rings (SSSR count). The summed E-state index contributed by atoms with van der Waals surface area (Å²) in [4.78, 5) is 27.7. The van der Waals surface area contributed by atoms with Crippen molar-refractivity contribution in [3.8, 4) is 5.75 Å². The quantitative estimate of drug-likeness (QED) is 0.315. The summed E-state index contributed by atoms with van der Waals surface area (Å²) in [5.41, 5.74) is 5.78. The number of anilines is 1. The van der Waals surface area contributed by atoms with Crippen molar-refractivity contribution in [2.45, 2.75) is 65.0 Å². The Labute approximate surface area is 247 Å². The summed E-state index contributed by atoms with van der Waals surface area (Å²) in [5, 5.41) is 6.66. The Hall–Kier alpha value is -3.93. The van der Waals surface area contributed by atoms with Crippen molar-refractivity contribution in [2.24, 2.45) is 28.3 Å². The van der Waals surface area contributed by atoms with Gasteiger partial charge >= 0.3 is 5.97 Å². The Morgan fingerprint density at radius 1 is 1.05 bits per heavy atom. The Morgan fingerprint density at radius 3 is 2.60 bits per heavy atom. The van der Waals surface area contributed by atoms with Crippen LogP contribution in [0.25, 0.3) is 0 Å². The number of carbonyl (C=O) groups is 2. The van der Waals surface area contributed by atoms with Crippen LogP contribution in [0.4, 0.5) is 5.69 Å². The molecule has 6 nitrogen and oxygen atoms in total. The maximum Gasteiger partial charge on any atom is 0.354 e. The molecule has 0 saturated heterocycles. The monoisotopic (exact) mass is 562 g/mol. The van der Waals surface area contributed by atoms with Gasteiger partial charge in [-0.1, -0.05) is 61.0 Å². The normalized spacial score (nSPS) is 29.2. The Balaban J connectivity index is 1.21. The van der Waals surface area contributed by atoms with Crippen LogP contribution < -0.4 is 9.75 Å². The van der Waals surface area contributed by atoms with Gasteiger partial charge in [-0.2, -0.15) is 5.10 Å². The Morgan fingerprint density at radius 2 is 1.83 bits per heavy atom. The lowest BCUT2D eigenvalue weighted by atomic mass is 9.54. The van der Waals surface area contributed by atoms with E-state index in [0.29, 0.717) is 24.2 Å². The number of ketones is 1. The minimum Gasteiger partial charge on any atom is -0.489 e. The fourth-order valence-corrected chi connectivity index (χ4v) is 8.41. The SMILES string of the molecule is CCOC(=O)C1=NN(c2ccc(C)cc2)[C@H]2C(=O)[C@@]3(C)CC[C@@H]4c5ccc(OCc6ccccc6)cc5CC[C@H]4[C@@H]3[C@@H]12. The number of rotatable bonds is 6. The van der Waals surface area contributed by atoms with Crippen LogP contribution >= 0.6 is 0 Å². The smallest absolute Gasteiger partial charge is 0.354 e. The number of benzene rings is 3. The Bertz CT molecular complexity index is 1550. The third kappa shape index (κ3) is 4.26. The molecule has 0 N–H and O–H groups in total. The lowest BCUT2D eigenvalue weighted by Crippen LogP contribution is -2.46. The second-order valence-electron chi connectivity index (χ2n) is 12.6. The first-order chi connectivity index (χ1) is 20.4. The number of carbonyl (C=O) groups excluding carboxylic acids is 2. The predicted octanol–water partition coefficient (Wildman–Crippen LogP) is 6.64. The predicted molar refractivity (Wildman–Crippen MR) is 163 cm³/mol. The zero-order valence-electron chi connectivity index (χ0n) is 24.6. The molecule has 6 atom stereocenters. The molecule has 216 valence electrons. The first-order valence-electron chi connectivity index (χ1n) is 15.3. The average molecular weight is 563 g/mol. The van der Waals surface area contributed by atoms with Crippen molar-refractivity contribution in [1.29, 1.82) is 0 Å². The minimum absolute atomic E-state index is 0.0366. The van der Waals surface area contributed by atoms with Crippen molar-refractivity contribution >= 4 is 23.2 Å². The molecule has 1 heterocycles. The lowest BCUT2D eigenvalue weighted by Gasteiger charge is -2.49. The molecule has 2 saturated carbocycles. The molecule has 3 aromatic rings. The van der Waals surface area contributed by atoms with Gasteiger partial charge in [-0.15, -0.1) is 0 Å². The summed E-state index contributed by atoms with van der Waals surface area (Å²) < 4.78 is 11.7. The molecule has 0 unspecified atom stereocenters. The maximum absolute atomic E-state index is 14.4. The third-order valence-corrected chi connectivity index (χ3v) is 10.3. The minimum atomic E-state index is -0.497. The molecule has 0 radical (unpaired) electrons. The lowest BCUT2D eigenvalue weighted by molar-refractivity contribution is -0.135. The fraction of sp³-hybridized carbons (Fsp3) is 0.417. The van der Waals surface area contributed by atoms with E-state index < -0.39 is 17.4 Å². The van der Waals surface area contributed by atoms with Crippen molar-refractivity contribution < 1.29 is 19.1 Å². The maximum atomic E-state index is 14.4. The number of Topliss-reactive ketones (excluding diaryl/α,β-unsaturated/α-hetero) is 1. The van der Waals surface area contributed by atoms with Crippen LogP contribution in [0.15, 0.2) is 77.9 Å². The first kappa shape index (κ1) is 26.9. The van der Waals surface area contributed by atoms with Gasteiger partial charge in [-0.05, 0) is 98.2 Å². The summed E-state index contributed by atoms with van der Waals surface area (Å²) in [7, 11) is 0. The average Bonchev–Trinajstić information content (AvgIpc) is 3.50. The summed E-state index contributed by atoms with van der Waals surface area (Å²) in [6.07, 6.45) is 3.70. The van der Waals surface area contributed by atoms with Gasteiger partial charge in [0.2, 0.25) is 0 Å². The summed E-state index contributed by atoms with van der Waals surface area (Å²) in [6, 6.07) is 24.4. The highest BCUT2D eigenvalue weighted by Crippen LogP contribution is 2.63. The van der Waals surface area contributed by atoms with Crippen molar-refractivity contribution in [1.82, 2.24) is 0 Å². The Kier molecular flexibility index (Phi) is 6.68. The van der Waals surface area contributed by atoms with Crippen LogP contribution in [0.1, 0.15) is 61.3 Å². The van der Waals surface area contributed by atoms with Crippen LogP contribution in [0.5, 0.6) is 5.75 Å². The number of esters is 1. The molecule has 3 aromatic carbocycles. The third-order valence-electron chi connectivity index (χ3n) is 10.3. The number of aryl methyl sites for hydroxylation is 2. The zero-order chi connectivity index (χ0) is 29.0. The summed E-state index contributed by atoms with van der Waals surface area (Å²) in [6.45, 7) is 6.84. The van der Waals surface area contributed by atoms with Gasteiger partial charge in [-0.3, -0.25) is 9.80 Å². The van der Waals surface area contributed by atoms with E-state index in [1.54, 1.807) is 0 Å². The topological polar surface area (TPSA) is 68.2 Å². The largest absolute Gasteiger partial charge is 0.489 e. The van der Waals surface area contributed by atoms with Crippen molar-refractivity contribution in [3.05, 3.63) is 95.1 Å². The van der Waals surface area contributed by atoms with Crippen LogP contribution in [-0.2, 0) is 27.4 Å². The molecule has 0 bridgehead atoms. The van der Waals surface area contributed by atoms with Crippen LogP contribution in [0, 0.1) is 30.1 Å². The van der Waals surface area contributed by atoms with E-state index in [0.717, 1.165) is 48.2 Å². The highest BCUT2D eigenvalue weighted by atomic mass is 16.5. The van der Waals surface area contributed by atoms with E-state index in [9.17, 15) is 9.59 Å². The molecule has 4 aliphatic rings. The number of fused-ring (bicyclic) bond motifs is 7. The number of hydrogen-bond acceptors (Lipinski definition) is 6. The molecular weight excluding hydrogens is 524 g/mol. The van der Waals surface area contributed by atoms with E-state index in [4.69, 9.17) is 14.6 Å². The second kappa shape index (κ2) is 10.4. The van der Waals surface area contributed by atoms with E-state index in [2.05, 4.69) is 37.3 Å². The van der Waals surface area contributed by atoms with E-state index in [1.165, 1.54) is 11.1 Å². The van der Waals surface area contributed by atoms with E-state index in [1.807, 2.05) is 61.3 Å². The molecule has 0 amide bonds. The van der Waals surface area contributed by atoms with Gasteiger partial charge in [0.15, 0.2) is 11.5 Å². The molecule has 3 aliphatic carbocycles. The highest BCUT2D eigenvalue weighted by molar-refractivity contribution is 6.39. The second-order valence-corrected chi connectivity index (χ2v) is 12.6. The van der Waals surface area contributed by atoms with Crippen LogP contribution in [0.2, 0.25) is 0 Å². The molecule has 0 aromatic heterocycles. The summed E-state index contributed by atoms with van der Waals surface area (Å²) >= 11 is 0. The van der Waals surface area contributed by atoms with Gasteiger partial charge in [-0.25, -0.2) is 4.79 Å². The summed E-state index contributed by atoms with van der Waals surface area (Å²) in [5.74, 6) is 1.13. The van der Waals surface area contributed by atoms with Gasteiger partial charge in [0.1, 0.15) is 18.4 Å². The molecule has 2 fully saturated rings. The fourth-order valence-electron chi connectivity index (χ4n) is 8.41. The number of hydrazone groups is 1. The number of nitrogens with zero attached hydrogens (tertiary/aromatic N) is 2. The highest BCUT2D eigenvalue weighted by Gasteiger charge is 2.68. The molecular formula is C36H38N2O4. The number of hydrogen-bond donors (Lipinski definition) is 0. The zero-order valence-corrected chi connectivity index (χ0v) is 24.6. The number of ether oxygens (including phenoxy) is 2. The standard InChI is InChI=1S/C36H38N2O4/c1-4-41-35(40)32-30-31-29-16-12-24-20-26(42-21-23-8-6-5-7-9-23)15-17-27(24)28(29)18-19-36(31,3)34(39)33(30)38(37-32)25-13-10-22(2)11-14-25/h5-11,13-15,17,20,28-31,33H,4,12,16,18-19,21H2,1-3H3/t28-,29-,30+,31-,33-,36+/m1/s1. The van der Waals surface area contributed by atoms with Crippen LogP contribution in [0.3, 0.4) is 0 Å². The van der Waals surface area contributed by atoms with Crippen LogP contribution in [-0.4, -0.2) is 30.1 Å². The molecule has 6 heteroatoms. The van der Waals surface area contributed by atoms with Gasteiger partial charge in [0.05, 0.1) is 12.3 Å². The van der Waals surface area contributed by atoms with Gasteiger partial charge in [0, 0.05) is 11.3 Å².